The van der Waals surface area contributed by atoms with Crippen molar-refractivity contribution in [2.45, 2.75) is 19.8 Å². The molecule has 0 radical (unpaired) electrons. The minimum atomic E-state index is 0.497. The number of pyridine rings is 1. The molecule has 4 nitrogen and oxygen atoms in total. The second kappa shape index (κ2) is 5.33. The maximum atomic E-state index is 4.47. The fourth-order valence-corrected chi connectivity index (χ4v) is 2.19. The number of hydrogen-bond acceptors (Lipinski definition) is 4. The molecule has 0 fully saturated rings. The van der Waals surface area contributed by atoms with Crippen LogP contribution in [0.15, 0.2) is 58.0 Å². The van der Waals surface area contributed by atoms with Crippen LogP contribution < -0.4 is 0 Å². The maximum Gasteiger partial charge on any atom is 0.107 e. The van der Waals surface area contributed by atoms with Crippen LogP contribution in [0.3, 0.4) is 0 Å². The third-order valence-electron chi connectivity index (χ3n) is 3.39. The number of hydrogen-bond donors (Lipinski definition) is 0. The first-order chi connectivity index (χ1) is 9.74. The van der Waals surface area contributed by atoms with Gasteiger partial charge in [0.25, 0.3) is 0 Å². The van der Waals surface area contributed by atoms with Gasteiger partial charge in [-0.05, 0) is 34.9 Å². The van der Waals surface area contributed by atoms with Gasteiger partial charge in [0.05, 0.1) is 11.4 Å². The Morgan fingerprint density at radius 2 is 1.90 bits per heavy atom. The van der Waals surface area contributed by atoms with Gasteiger partial charge in [0.15, 0.2) is 0 Å². The van der Waals surface area contributed by atoms with E-state index in [1.807, 2.05) is 18.3 Å². The molecule has 0 atom stereocenters. The van der Waals surface area contributed by atoms with Crippen LogP contribution in [-0.2, 0) is 0 Å². The standard InChI is InChI=1S/C16H16N4/c1-11(2)12-6-7-17-15(9-12)13-4-3-5-14(8-13)16-10-18-20-19-16/h3-9,11H,10H2,1-2H3. The van der Waals surface area contributed by atoms with Crippen LogP contribution in [0, 0.1) is 0 Å². The molecular weight excluding hydrogens is 248 g/mol. The fourth-order valence-electron chi connectivity index (χ4n) is 2.19. The Labute approximate surface area is 118 Å². The van der Waals surface area contributed by atoms with E-state index in [-0.39, 0.29) is 0 Å². The summed E-state index contributed by atoms with van der Waals surface area (Å²) in [5.74, 6) is 0.497. The van der Waals surface area contributed by atoms with Crippen LogP contribution in [0.5, 0.6) is 0 Å². The van der Waals surface area contributed by atoms with Crippen molar-refractivity contribution in [1.82, 2.24) is 4.98 Å². The highest BCUT2D eigenvalue weighted by atomic mass is 15.4. The van der Waals surface area contributed by atoms with Gasteiger partial charge in [-0.15, -0.1) is 5.10 Å². The van der Waals surface area contributed by atoms with E-state index in [1.165, 1.54) is 5.56 Å². The molecule has 1 aliphatic rings. The van der Waals surface area contributed by atoms with Crippen molar-refractivity contribution in [3.8, 4) is 11.3 Å². The topological polar surface area (TPSA) is 50.0 Å². The van der Waals surface area contributed by atoms with Crippen LogP contribution in [0.25, 0.3) is 11.3 Å². The molecule has 1 aliphatic heterocycles. The summed E-state index contributed by atoms with van der Waals surface area (Å²) < 4.78 is 0. The summed E-state index contributed by atoms with van der Waals surface area (Å²) in [6.07, 6.45) is 1.87. The molecule has 0 amide bonds. The van der Waals surface area contributed by atoms with E-state index in [9.17, 15) is 0 Å². The lowest BCUT2D eigenvalue weighted by molar-refractivity contribution is 0.864. The Hall–Kier alpha value is -2.36. The quantitative estimate of drug-likeness (QED) is 0.825. The first kappa shape index (κ1) is 12.7. The zero-order chi connectivity index (χ0) is 13.9. The molecule has 3 rings (SSSR count). The third-order valence-corrected chi connectivity index (χ3v) is 3.39. The smallest absolute Gasteiger partial charge is 0.107 e. The Bertz CT molecular complexity index is 686. The SMILES string of the molecule is CC(C)c1ccnc(-c2cccc(C3=NN=NC3)c2)c1. The second-order valence-electron chi connectivity index (χ2n) is 5.15. The number of rotatable bonds is 3. The molecule has 2 aromatic rings. The van der Waals surface area contributed by atoms with Crippen molar-refractivity contribution in [3.63, 3.8) is 0 Å². The molecule has 0 saturated heterocycles. The molecule has 20 heavy (non-hydrogen) atoms. The summed E-state index contributed by atoms with van der Waals surface area (Å²) in [7, 11) is 0. The lowest BCUT2D eigenvalue weighted by Gasteiger charge is -2.08. The molecule has 2 heterocycles. The van der Waals surface area contributed by atoms with Gasteiger partial charge in [-0.25, -0.2) is 0 Å². The zero-order valence-electron chi connectivity index (χ0n) is 11.6. The maximum absolute atomic E-state index is 4.47. The monoisotopic (exact) mass is 264 g/mol. The molecule has 1 aromatic carbocycles. The van der Waals surface area contributed by atoms with Gasteiger partial charge in [0, 0.05) is 17.3 Å². The average molecular weight is 264 g/mol. The number of nitrogens with zero attached hydrogens (tertiary/aromatic N) is 4. The summed E-state index contributed by atoms with van der Waals surface area (Å²) in [6, 6.07) is 12.4. The Balaban J connectivity index is 1.98. The van der Waals surface area contributed by atoms with E-state index in [0.29, 0.717) is 12.5 Å². The lowest BCUT2D eigenvalue weighted by Crippen LogP contribution is -2.01. The van der Waals surface area contributed by atoms with Gasteiger partial charge in [-0.1, -0.05) is 32.0 Å². The fraction of sp³-hybridized carbons (Fsp3) is 0.250. The van der Waals surface area contributed by atoms with Crippen molar-refractivity contribution >= 4 is 5.71 Å². The highest BCUT2D eigenvalue weighted by molar-refractivity contribution is 6.03. The highest BCUT2D eigenvalue weighted by Gasteiger charge is 2.10. The molecule has 1 aromatic heterocycles. The Morgan fingerprint density at radius 3 is 2.65 bits per heavy atom. The van der Waals surface area contributed by atoms with Gasteiger partial charge >= 0.3 is 0 Å². The third kappa shape index (κ3) is 2.50. The van der Waals surface area contributed by atoms with Crippen molar-refractivity contribution in [2.24, 2.45) is 15.4 Å². The van der Waals surface area contributed by atoms with Crippen molar-refractivity contribution < 1.29 is 0 Å². The van der Waals surface area contributed by atoms with Gasteiger partial charge in [-0.3, -0.25) is 4.98 Å². The van der Waals surface area contributed by atoms with E-state index in [1.54, 1.807) is 0 Å². The molecular formula is C16H16N4. The van der Waals surface area contributed by atoms with Crippen LogP contribution in [0.4, 0.5) is 0 Å². The molecule has 4 heteroatoms. The van der Waals surface area contributed by atoms with Gasteiger partial charge in [0.2, 0.25) is 0 Å². The highest BCUT2D eigenvalue weighted by Crippen LogP contribution is 2.23. The normalized spacial score (nSPS) is 13.8. The molecule has 0 spiro atoms. The molecule has 0 N–H and O–H groups in total. The van der Waals surface area contributed by atoms with Gasteiger partial charge < -0.3 is 0 Å². The number of aromatic nitrogens is 1. The van der Waals surface area contributed by atoms with Crippen LogP contribution in [0.2, 0.25) is 0 Å². The summed E-state index contributed by atoms with van der Waals surface area (Å²) in [4.78, 5) is 4.47. The van der Waals surface area contributed by atoms with E-state index < -0.39 is 0 Å². The van der Waals surface area contributed by atoms with E-state index in [2.05, 4.69) is 58.5 Å². The predicted octanol–water partition coefficient (Wildman–Crippen LogP) is 4.04. The summed E-state index contributed by atoms with van der Waals surface area (Å²) in [5.41, 5.74) is 5.35. The molecule has 0 bridgehead atoms. The van der Waals surface area contributed by atoms with E-state index >= 15 is 0 Å². The van der Waals surface area contributed by atoms with Crippen molar-refractivity contribution in [2.75, 3.05) is 6.54 Å². The van der Waals surface area contributed by atoms with E-state index in [4.69, 9.17) is 0 Å². The zero-order valence-corrected chi connectivity index (χ0v) is 11.6. The van der Waals surface area contributed by atoms with Crippen LogP contribution >= 0.6 is 0 Å². The minimum absolute atomic E-state index is 0.497. The van der Waals surface area contributed by atoms with E-state index in [0.717, 1.165) is 22.5 Å². The van der Waals surface area contributed by atoms with Crippen LogP contribution in [0.1, 0.15) is 30.9 Å². The number of benzene rings is 1. The molecule has 100 valence electrons. The second-order valence-corrected chi connectivity index (χ2v) is 5.15. The predicted molar refractivity (Wildman–Crippen MR) is 80.0 cm³/mol. The summed E-state index contributed by atoms with van der Waals surface area (Å²) in [5, 5.41) is 11.6. The Morgan fingerprint density at radius 1 is 1.05 bits per heavy atom. The molecule has 0 unspecified atom stereocenters. The first-order valence-corrected chi connectivity index (χ1v) is 6.74. The van der Waals surface area contributed by atoms with Gasteiger partial charge in [0.1, 0.15) is 6.54 Å². The lowest BCUT2D eigenvalue weighted by atomic mass is 10.00. The first-order valence-electron chi connectivity index (χ1n) is 6.74. The minimum Gasteiger partial charge on any atom is -0.256 e. The van der Waals surface area contributed by atoms with Crippen molar-refractivity contribution in [1.29, 1.82) is 0 Å². The van der Waals surface area contributed by atoms with Crippen LogP contribution in [-0.4, -0.2) is 17.2 Å². The average Bonchev–Trinajstić information content (AvgIpc) is 3.02. The summed E-state index contributed by atoms with van der Waals surface area (Å²) in [6.45, 7) is 4.93. The largest absolute Gasteiger partial charge is 0.256 e. The molecule has 0 aliphatic carbocycles. The van der Waals surface area contributed by atoms with Gasteiger partial charge in [-0.2, -0.15) is 5.11 Å². The summed E-state index contributed by atoms with van der Waals surface area (Å²) >= 11 is 0. The Kier molecular flexibility index (Phi) is 3.37. The molecule has 0 saturated carbocycles. The van der Waals surface area contributed by atoms with Crippen molar-refractivity contribution in [3.05, 3.63) is 53.7 Å².